The molecule has 13 aromatic rings. The zero-order chi connectivity index (χ0) is 41.4. The van der Waals surface area contributed by atoms with Crippen molar-refractivity contribution in [3.8, 4) is 51.2 Å². The number of aromatic nitrogens is 6. The molecule has 0 saturated carbocycles. The largest absolute Gasteiger partial charge is 0.316 e. The van der Waals surface area contributed by atoms with Crippen LogP contribution < -0.4 is 0 Å². The second-order valence-electron chi connectivity index (χ2n) is 16.1. The zero-order valence-corrected chi connectivity index (χ0v) is 34.0. The van der Waals surface area contributed by atoms with E-state index >= 15 is 0 Å². The molecule has 9 aromatic carbocycles. The van der Waals surface area contributed by atoms with Crippen LogP contribution in [0.3, 0.4) is 0 Å². The van der Waals surface area contributed by atoms with Gasteiger partial charge in [-0.25, -0.2) is 4.98 Å². The summed E-state index contributed by atoms with van der Waals surface area (Å²) in [6.07, 6.45) is 2.21. The van der Waals surface area contributed by atoms with Crippen LogP contribution in [-0.4, -0.2) is 28.7 Å². The van der Waals surface area contributed by atoms with Crippen molar-refractivity contribution in [2.75, 3.05) is 0 Å². The molecule has 4 aromatic heterocycles. The Hall–Kier alpha value is -8.61. The molecule has 6 heteroatoms. The molecule has 0 atom stereocenters. The fourth-order valence-corrected chi connectivity index (χ4v) is 9.67. The Morgan fingerprint density at radius 3 is 1.63 bits per heavy atom. The van der Waals surface area contributed by atoms with Gasteiger partial charge < -0.3 is 9.13 Å². The van der Waals surface area contributed by atoms with E-state index in [1.165, 1.54) is 49.1 Å². The molecule has 6 nitrogen and oxygen atoms in total. The quantitative estimate of drug-likeness (QED) is 0.168. The van der Waals surface area contributed by atoms with Crippen LogP contribution in [0.2, 0.25) is 0 Å². The average molecular weight is 805 g/mol. The average Bonchev–Trinajstić information content (AvgIpc) is 4.05. The van der Waals surface area contributed by atoms with E-state index in [9.17, 15) is 0 Å². The highest BCUT2D eigenvalue weighted by atomic mass is 15.2. The molecule has 13 rings (SSSR count). The molecule has 0 spiro atoms. The topological polar surface area (TPSA) is 53.5 Å². The van der Waals surface area contributed by atoms with Gasteiger partial charge in [-0.05, 0) is 76.5 Å². The molecule has 0 aliphatic heterocycles. The van der Waals surface area contributed by atoms with Gasteiger partial charge in [-0.1, -0.05) is 158 Å². The molecule has 0 N–H and O–H groups in total. The number of para-hydroxylation sites is 1. The first-order valence-electron chi connectivity index (χ1n) is 21.3. The standard InChI is InChI=1S/C57H36N6/c1-4-15-37(16-5-1)41-22-14-23-43(35-41)62-50-30-27-38-17-10-11-24-44(38)53(50)54-47-33-34-61(48(47)31-32-51(54)62)42-28-29-46-45-25-12-13-26-49(45)63(52(46)36-42)57-59-55(39-18-6-2-7-19-39)58-56(60-57)40-20-8-3-9-21-40/h1-36H. The van der Waals surface area contributed by atoms with Gasteiger partial charge in [0, 0.05) is 55.6 Å². The highest BCUT2D eigenvalue weighted by Crippen LogP contribution is 2.42. The monoisotopic (exact) mass is 804 g/mol. The fraction of sp³-hybridized carbons (Fsp3) is 0. The summed E-state index contributed by atoms with van der Waals surface area (Å²) in [6.45, 7) is 0. The van der Waals surface area contributed by atoms with Crippen molar-refractivity contribution >= 4 is 65.3 Å². The van der Waals surface area contributed by atoms with Gasteiger partial charge in [0.1, 0.15) is 0 Å². The molecule has 0 aliphatic rings. The van der Waals surface area contributed by atoms with Crippen LogP contribution in [0.5, 0.6) is 0 Å². The van der Waals surface area contributed by atoms with E-state index in [1.807, 2.05) is 60.7 Å². The van der Waals surface area contributed by atoms with Gasteiger partial charge >= 0.3 is 0 Å². The highest BCUT2D eigenvalue weighted by Gasteiger charge is 2.21. The van der Waals surface area contributed by atoms with Gasteiger partial charge in [0.2, 0.25) is 5.95 Å². The first-order valence-corrected chi connectivity index (χ1v) is 21.3. The highest BCUT2D eigenvalue weighted by molar-refractivity contribution is 6.28. The molecule has 63 heavy (non-hydrogen) atoms. The number of hydrogen-bond acceptors (Lipinski definition) is 3. The van der Waals surface area contributed by atoms with Gasteiger partial charge in [0.15, 0.2) is 11.6 Å². The minimum atomic E-state index is 0.571. The minimum Gasteiger partial charge on any atom is -0.316 e. The summed E-state index contributed by atoms with van der Waals surface area (Å²) >= 11 is 0. The van der Waals surface area contributed by atoms with Crippen LogP contribution >= 0.6 is 0 Å². The van der Waals surface area contributed by atoms with Gasteiger partial charge in [-0.15, -0.1) is 0 Å². The predicted molar refractivity (Wildman–Crippen MR) is 259 cm³/mol. The van der Waals surface area contributed by atoms with Gasteiger partial charge in [-0.2, -0.15) is 9.97 Å². The molecular formula is C57H36N6. The Labute approximate surface area is 362 Å². The predicted octanol–water partition coefficient (Wildman–Crippen LogP) is 14.2. The molecule has 0 bridgehead atoms. The molecule has 0 saturated heterocycles. The lowest BCUT2D eigenvalue weighted by Crippen LogP contribution is -2.06. The molecule has 4 heterocycles. The first kappa shape index (κ1) is 35.2. The fourth-order valence-electron chi connectivity index (χ4n) is 9.67. The zero-order valence-electron chi connectivity index (χ0n) is 34.0. The Morgan fingerprint density at radius 1 is 0.302 bits per heavy atom. The Balaban J connectivity index is 1.04. The SMILES string of the molecule is c1ccc(-c2cccc(-n3c4ccc5ccccc5c4c4c5ccn(-c6ccc7c8ccccc8n(-c8nc(-c9ccccc9)nc(-c9ccccc9)n8)c7c6)c5ccc43)c2)cc1. The van der Waals surface area contributed by atoms with Crippen molar-refractivity contribution in [3.05, 3.63) is 219 Å². The Bertz CT molecular complexity index is 3840. The molecule has 0 radical (unpaired) electrons. The Kier molecular flexibility index (Phi) is 7.80. The lowest BCUT2D eigenvalue weighted by atomic mass is 10.0. The van der Waals surface area contributed by atoms with Crippen molar-refractivity contribution in [2.24, 2.45) is 0 Å². The molecule has 0 fully saturated rings. The van der Waals surface area contributed by atoms with Crippen LogP contribution in [0, 0.1) is 0 Å². The number of fused-ring (bicyclic) bond motifs is 10. The van der Waals surface area contributed by atoms with Crippen LogP contribution in [0.25, 0.3) is 117 Å². The van der Waals surface area contributed by atoms with E-state index in [2.05, 4.69) is 172 Å². The second-order valence-corrected chi connectivity index (χ2v) is 16.1. The maximum absolute atomic E-state index is 5.18. The number of rotatable bonds is 6. The molecule has 294 valence electrons. The third-order valence-electron chi connectivity index (χ3n) is 12.5. The summed E-state index contributed by atoms with van der Waals surface area (Å²) < 4.78 is 6.95. The van der Waals surface area contributed by atoms with Crippen LogP contribution in [0.1, 0.15) is 0 Å². The van der Waals surface area contributed by atoms with E-state index in [0.717, 1.165) is 49.8 Å². The summed E-state index contributed by atoms with van der Waals surface area (Å²) in [4.78, 5) is 15.4. The maximum Gasteiger partial charge on any atom is 0.238 e. The van der Waals surface area contributed by atoms with Gasteiger partial charge in [0.25, 0.3) is 0 Å². The van der Waals surface area contributed by atoms with Crippen molar-refractivity contribution in [3.63, 3.8) is 0 Å². The third-order valence-corrected chi connectivity index (χ3v) is 12.5. The van der Waals surface area contributed by atoms with Crippen LogP contribution in [0.4, 0.5) is 0 Å². The second kappa shape index (κ2) is 14.0. The number of benzene rings is 9. The van der Waals surface area contributed by atoms with Crippen LogP contribution in [0.15, 0.2) is 219 Å². The Morgan fingerprint density at radius 2 is 0.889 bits per heavy atom. The first-order chi connectivity index (χ1) is 31.2. The van der Waals surface area contributed by atoms with E-state index in [0.29, 0.717) is 17.6 Å². The lowest BCUT2D eigenvalue weighted by Gasteiger charge is -2.12. The molecule has 0 amide bonds. The van der Waals surface area contributed by atoms with E-state index in [-0.39, 0.29) is 0 Å². The van der Waals surface area contributed by atoms with E-state index in [1.54, 1.807) is 0 Å². The summed E-state index contributed by atoms with van der Waals surface area (Å²) in [5.74, 6) is 1.82. The number of nitrogens with zero attached hydrogens (tertiary/aromatic N) is 6. The maximum atomic E-state index is 5.18. The molecule has 0 unspecified atom stereocenters. The summed E-state index contributed by atoms with van der Waals surface area (Å²) in [7, 11) is 0. The van der Waals surface area contributed by atoms with E-state index < -0.39 is 0 Å². The van der Waals surface area contributed by atoms with Crippen LogP contribution in [-0.2, 0) is 0 Å². The van der Waals surface area contributed by atoms with Crippen molar-refractivity contribution in [1.29, 1.82) is 0 Å². The van der Waals surface area contributed by atoms with Crippen molar-refractivity contribution < 1.29 is 0 Å². The van der Waals surface area contributed by atoms with Gasteiger partial charge in [-0.3, -0.25) is 4.57 Å². The number of hydrogen-bond donors (Lipinski definition) is 0. The summed E-state index contributed by atoms with van der Waals surface area (Å²) in [5.41, 5.74) is 12.0. The smallest absolute Gasteiger partial charge is 0.238 e. The van der Waals surface area contributed by atoms with Gasteiger partial charge in [0.05, 0.1) is 27.6 Å². The summed E-state index contributed by atoms with van der Waals surface area (Å²) in [6, 6.07) is 75.3. The van der Waals surface area contributed by atoms with Crippen molar-refractivity contribution in [1.82, 2.24) is 28.7 Å². The normalized spacial score (nSPS) is 11.8. The molecule has 0 aliphatic carbocycles. The third kappa shape index (κ3) is 5.55. The summed E-state index contributed by atoms with van der Waals surface area (Å²) in [5, 5.41) is 8.42. The van der Waals surface area contributed by atoms with E-state index in [4.69, 9.17) is 15.0 Å². The molecular weight excluding hydrogens is 769 g/mol. The van der Waals surface area contributed by atoms with Crippen molar-refractivity contribution in [2.45, 2.75) is 0 Å². The lowest BCUT2D eigenvalue weighted by molar-refractivity contribution is 0.952. The minimum absolute atomic E-state index is 0.571.